The first-order chi connectivity index (χ1) is 13.8. The van der Waals surface area contributed by atoms with Crippen LogP contribution in [0.5, 0.6) is 0 Å². The number of nitrogens with one attached hydrogen (secondary N) is 1. The van der Waals surface area contributed by atoms with Gasteiger partial charge < -0.3 is 10.2 Å². The second kappa shape index (κ2) is 8.97. The lowest BCUT2D eigenvalue weighted by Gasteiger charge is -2.27. The summed E-state index contributed by atoms with van der Waals surface area (Å²) in [6.07, 6.45) is 1.88. The molecule has 1 unspecified atom stereocenters. The zero-order chi connectivity index (χ0) is 21.0. The normalized spacial score (nSPS) is 17.1. The molecule has 29 heavy (non-hydrogen) atoms. The number of benzene rings is 2. The fraction of sp³-hybridized carbons (Fsp3) is 0.409. The molecule has 0 fully saturated rings. The van der Waals surface area contributed by atoms with E-state index in [1.807, 2.05) is 62.4 Å². The van der Waals surface area contributed by atoms with E-state index in [0.717, 1.165) is 16.8 Å². The minimum Gasteiger partial charge on any atom is -0.383 e. The summed E-state index contributed by atoms with van der Waals surface area (Å²) in [7, 11) is -3.42. The van der Waals surface area contributed by atoms with E-state index in [1.54, 1.807) is 9.21 Å². The highest BCUT2D eigenvalue weighted by Gasteiger charge is 2.30. The monoisotopic (exact) mass is 415 g/mol. The fourth-order valence-electron chi connectivity index (χ4n) is 3.80. The molecule has 1 aliphatic heterocycles. The van der Waals surface area contributed by atoms with Crippen LogP contribution in [0.25, 0.3) is 0 Å². The Morgan fingerprint density at radius 1 is 1.14 bits per heavy atom. The third-order valence-electron chi connectivity index (χ3n) is 5.40. The van der Waals surface area contributed by atoms with Crippen LogP contribution >= 0.6 is 0 Å². The Hall–Kier alpha value is -2.38. The first-order valence-electron chi connectivity index (χ1n) is 10.00. The minimum absolute atomic E-state index is 0.0335. The van der Waals surface area contributed by atoms with E-state index in [1.165, 1.54) is 6.26 Å². The molecule has 156 valence electrons. The molecule has 0 saturated carbocycles. The number of nitrogens with zero attached hydrogens (tertiary/aromatic N) is 2. The molecule has 7 heteroatoms. The van der Waals surface area contributed by atoms with Crippen molar-refractivity contribution in [1.29, 1.82) is 0 Å². The van der Waals surface area contributed by atoms with E-state index in [2.05, 4.69) is 5.32 Å². The van der Waals surface area contributed by atoms with Crippen LogP contribution in [0.15, 0.2) is 48.5 Å². The maximum Gasteiger partial charge on any atom is 0.253 e. The van der Waals surface area contributed by atoms with E-state index in [4.69, 9.17) is 0 Å². The molecular weight excluding hydrogens is 386 g/mol. The summed E-state index contributed by atoms with van der Waals surface area (Å²) in [6.45, 7) is 5.94. The number of fused-ring (bicyclic) bond motifs is 1. The van der Waals surface area contributed by atoms with Gasteiger partial charge in [0.15, 0.2) is 0 Å². The molecule has 0 aromatic heterocycles. The summed E-state index contributed by atoms with van der Waals surface area (Å²) in [5.41, 5.74) is 3.38. The third-order valence-corrected chi connectivity index (χ3v) is 6.68. The summed E-state index contributed by atoms with van der Waals surface area (Å²) in [5.74, 6) is -0.0335. The van der Waals surface area contributed by atoms with E-state index in [0.29, 0.717) is 31.6 Å². The maximum atomic E-state index is 12.7. The zero-order valence-corrected chi connectivity index (χ0v) is 18.1. The van der Waals surface area contributed by atoms with Crippen LogP contribution in [-0.2, 0) is 23.0 Å². The number of carbonyl (C=O) groups is 1. The Balaban J connectivity index is 1.92. The highest BCUT2D eigenvalue weighted by molar-refractivity contribution is 7.88. The number of rotatable bonds is 6. The molecule has 1 heterocycles. The lowest BCUT2D eigenvalue weighted by atomic mass is 10.1. The van der Waals surface area contributed by atoms with E-state index in [9.17, 15) is 13.2 Å². The van der Waals surface area contributed by atoms with Crippen molar-refractivity contribution in [3.63, 3.8) is 0 Å². The molecule has 0 saturated heterocycles. The number of anilines is 1. The maximum absolute atomic E-state index is 12.7. The van der Waals surface area contributed by atoms with Gasteiger partial charge in [-0.1, -0.05) is 30.3 Å². The Kier molecular flexibility index (Phi) is 6.59. The molecule has 0 bridgehead atoms. The molecule has 0 aliphatic carbocycles. The Morgan fingerprint density at radius 3 is 2.45 bits per heavy atom. The van der Waals surface area contributed by atoms with Crippen LogP contribution in [0.2, 0.25) is 0 Å². The molecule has 1 aliphatic rings. The van der Waals surface area contributed by atoms with Crippen LogP contribution in [0.3, 0.4) is 0 Å². The number of amides is 1. The van der Waals surface area contributed by atoms with Gasteiger partial charge in [0.05, 0.1) is 6.26 Å². The minimum atomic E-state index is -3.42. The molecule has 1 N–H and O–H groups in total. The second-order valence-corrected chi connectivity index (χ2v) is 9.32. The molecule has 2 aromatic rings. The SMILES string of the molecule is CCN(CC)C(=O)c1ccc2c(c1)CN(S(C)(=O)=O)C(Cc1ccccc1)CN2. The van der Waals surface area contributed by atoms with Gasteiger partial charge in [0.1, 0.15) is 0 Å². The van der Waals surface area contributed by atoms with Gasteiger partial charge in [-0.05, 0) is 49.6 Å². The standard InChI is InChI=1S/C22H29N3O3S/c1-4-24(5-2)22(26)18-11-12-21-19(14-18)16-25(29(3,27)28)20(15-23-21)13-17-9-7-6-8-10-17/h6-12,14,20,23H,4-5,13,15-16H2,1-3H3. The third kappa shape index (κ3) is 4.97. The van der Waals surface area contributed by atoms with Crippen LogP contribution in [0, 0.1) is 0 Å². The van der Waals surface area contributed by atoms with Crippen molar-refractivity contribution in [3.8, 4) is 0 Å². The van der Waals surface area contributed by atoms with Gasteiger partial charge in [-0.3, -0.25) is 4.79 Å². The molecule has 2 aromatic carbocycles. The largest absolute Gasteiger partial charge is 0.383 e. The average molecular weight is 416 g/mol. The number of hydrogen-bond acceptors (Lipinski definition) is 4. The van der Waals surface area contributed by atoms with E-state index in [-0.39, 0.29) is 18.5 Å². The van der Waals surface area contributed by atoms with E-state index >= 15 is 0 Å². The van der Waals surface area contributed by atoms with Crippen molar-refractivity contribution in [1.82, 2.24) is 9.21 Å². The van der Waals surface area contributed by atoms with Crippen molar-refractivity contribution >= 4 is 21.6 Å². The smallest absolute Gasteiger partial charge is 0.253 e. The molecule has 6 nitrogen and oxygen atoms in total. The summed E-state index contributed by atoms with van der Waals surface area (Å²) < 4.78 is 26.7. The summed E-state index contributed by atoms with van der Waals surface area (Å²) in [4.78, 5) is 14.5. The van der Waals surface area contributed by atoms with Crippen molar-refractivity contribution in [2.75, 3.05) is 31.2 Å². The van der Waals surface area contributed by atoms with E-state index < -0.39 is 10.0 Å². The molecule has 3 rings (SSSR count). The predicted octanol–water partition coefficient (Wildman–Crippen LogP) is 2.97. The van der Waals surface area contributed by atoms with Gasteiger partial charge in [0, 0.05) is 43.5 Å². The quantitative estimate of drug-likeness (QED) is 0.788. The summed E-state index contributed by atoms with van der Waals surface area (Å²) in [6, 6.07) is 15.2. The van der Waals surface area contributed by atoms with Gasteiger partial charge in [0.25, 0.3) is 5.91 Å². The van der Waals surface area contributed by atoms with Crippen LogP contribution in [0.1, 0.15) is 35.3 Å². The van der Waals surface area contributed by atoms with Gasteiger partial charge in [-0.25, -0.2) is 8.42 Å². The number of carbonyl (C=O) groups excluding carboxylic acids is 1. The Bertz CT molecular complexity index is 957. The lowest BCUT2D eigenvalue weighted by molar-refractivity contribution is 0.0773. The van der Waals surface area contributed by atoms with Crippen LogP contribution < -0.4 is 5.32 Å². The first-order valence-corrected chi connectivity index (χ1v) is 11.8. The average Bonchev–Trinajstić information content (AvgIpc) is 2.89. The highest BCUT2D eigenvalue weighted by Crippen LogP contribution is 2.27. The van der Waals surface area contributed by atoms with Gasteiger partial charge >= 0.3 is 0 Å². The van der Waals surface area contributed by atoms with Crippen molar-refractivity contribution < 1.29 is 13.2 Å². The van der Waals surface area contributed by atoms with Gasteiger partial charge in [-0.2, -0.15) is 4.31 Å². The Labute approximate surface area is 173 Å². The summed E-state index contributed by atoms with van der Waals surface area (Å²) >= 11 is 0. The van der Waals surface area contributed by atoms with Gasteiger partial charge in [-0.15, -0.1) is 0 Å². The fourth-order valence-corrected chi connectivity index (χ4v) is 4.86. The number of sulfonamides is 1. The summed E-state index contributed by atoms with van der Waals surface area (Å²) in [5, 5.41) is 3.39. The molecular formula is C22H29N3O3S. The Morgan fingerprint density at radius 2 is 1.83 bits per heavy atom. The number of hydrogen-bond donors (Lipinski definition) is 1. The first kappa shape index (κ1) is 21.3. The highest BCUT2D eigenvalue weighted by atomic mass is 32.2. The van der Waals surface area contributed by atoms with Crippen molar-refractivity contribution in [2.45, 2.75) is 32.9 Å². The van der Waals surface area contributed by atoms with Crippen LogP contribution in [-0.4, -0.2) is 55.5 Å². The predicted molar refractivity (Wildman–Crippen MR) is 117 cm³/mol. The van der Waals surface area contributed by atoms with Crippen molar-refractivity contribution in [3.05, 3.63) is 65.2 Å². The zero-order valence-electron chi connectivity index (χ0n) is 17.3. The van der Waals surface area contributed by atoms with Crippen LogP contribution in [0.4, 0.5) is 5.69 Å². The second-order valence-electron chi connectivity index (χ2n) is 7.38. The molecule has 1 amide bonds. The topological polar surface area (TPSA) is 69.7 Å². The molecule has 0 spiro atoms. The van der Waals surface area contributed by atoms with Gasteiger partial charge in [0.2, 0.25) is 10.0 Å². The molecule has 1 atom stereocenters. The lowest BCUT2D eigenvalue weighted by Crippen LogP contribution is -2.42. The molecule has 0 radical (unpaired) electrons. The van der Waals surface area contributed by atoms with Crippen molar-refractivity contribution in [2.24, 2.45) is 0 Å².